The number of thioether (sulfide) groups is 1. The quantitative estimate of drug-likeness (QED) is 0.280. The molecular weight excluding hydrogens is 498 g/mol. The zero-order chi connectivity index (χ0) is 25.7. The largest absolute Gasteiger partial charge is 0.456 e. The van der Waals surface area contributed by atoms with Crippen molar-refractivity contribution in [3.63, 3.8) is 0 Å². The Morgan fingerprint density at radius 1 is 0.971 bits per heavy atom. The molecule has 0 bridgehead atoms. The number of rotatable bonds is 4. The van der Waals surface area contributed by atoms with E-state index < -0.39 is 45.9 Å². The number of nitrogens with one attached hydrogen (secondary N) is 2. The van der Waals surface area contributed by atoms with Gasteiger partial charge in [0, 0.05) is 17.1 Å². The maximum Gasteiger partial charge on any atom is 0.420 e. The molecule has 0 unspecified atom stereocenters. The number of fused-ring (bicyclic) bond motifs is 1. The summed E-state index contributed by atoms with van der Waals surface area (Å²) in [5, 5.41) is 1.71. The molecule has 0 spiro atoms. The molecule has 184 valence electrons. The second-order valence-electron chi connectivity index (χ2n) is 8.00. The Bertz CT molecular complexity index is 1340. The van der Waals surface area contributed by atoms with E-state index in [-0.39, 0.29) is 16.6 Å². The molecule has 1 fully saturated rings. The molecule has 1 aliphatic rings. The molecule has 0 saturated carbocycles. The topological polar surface area (TPSA) is 71.2 Å². The van der Waals surface area contributed by atoms with Crippen LogP contribution in [-0.2, 0) is 17.1 Å². The van der Waals surface area contributed by atoms with Crippen LogP contribution in [0.25, 0.3) is 17.0 Å². The van der Waals surface area contributed by atoms with E-state index in [1.807, 2.05) is 19.2 Å². The first-order chi connectivity index (χ1) is 16.2. The molecule has 2 heterocycles. The molecule has 0 aliphatic carbocycles. The van der Waals surface area contributed by atoms with Gasteiger partial charge in [-0.25, -0.2) is 0 Å². The normalized spacial score (nSPS) is 16.0. The molecule has 1 aliphatic heterocycles. The Hall–Kier alpha value is -3.41. The first kappa shape index (κ1) is 24.7. The number of imide groups is 1. The van der Waals surface area contributed by atoms with E-state index in [2.05, 4.69) is 4.98 Å². The first-order valence-corrected chi connectivity index (χ1v) is 10.9. The number of carbonyl (C=O) groups excluding carboxylic acids is 2. The van der Waals surface area contributed by atoms with E-state index in [1.54, 1.807) is 6.20 Å². The second kappa shape index (κ2) is 8.67. The van der Waals surface area contributed by atoms with E-state index in [4.69, 9.17) is 4.74 Å². The number of halogens is 6. The highest BCUT2D eigenvalue weighted by molar-refractivity contribution is 8.18. The molecule has 0 radical (unpaired) electrons. The number of aromatic nitrogens is 1. The molecule has 1 saturated heterocycles. The Morgan fingerprint density at radius 2 is 1.60 bits per heavy atom. The molecule has 35 heavy (non-hydrogen) atoms. The fourth-order valence-electron chi connectivity index (χ4n) is 3.62. The van der Waals surface area contributed by atoms with E-state index in [0.29, 0.717) is 34.8 Å². The fourth-order valence-corrected chi connectivity index (χ4v) is 4.30. The molecule has 2 N–H and O–H groups in total. The van der Waals surface area contributed by atoms with Crippen LogP contribution in [0.2, 0.25) is 0 Å². The lowest BCUT2D eigenvalue weighted by molar-refractivity contribution is -0.145. The van der Waals surface area contributed by atoms with Gasteiger partial charge in [-0.1, -0.05) is 13.8 Å². The maximum absolute atomic E-state index is 13.9. The maximum atomic E-state index is 13.9. The minimum atomic E-state index is -5.22. The number of carbonyl (C=O) groups is 2. The summed E-state index contributed by atoms with van der Waals surface area (Å²) in [7, 11) is 0. The van der Waals surface area contributed by atoms with Gasteiger partial charge < -0.3 is 9.72 Å². The summed E-state index contributed by atoms with van der Waals surface area (Å²) in [6, 6.07) is 5.04. The number of hydrogen-bond donors (Lipinski definition) is 2. The molecular formula is C23H16F6N2O3S. The lowest BCUT2D eigenvalue weighted by atomic mass is 10.0. The van der Waals surface area contributed by atoms with E-state index in [1.165, 1.54) is 18.2 Å². The molecule has 2 amide bonds. The molecule has 3 aromatic rings. The van der Waals surface area contributed by atoms with E-state index >= 15 is 0 Å². The number of amides is 2. The van der Waals surface area contributed by atoms with Crippen molar-refractivity contribution in [3.05, 3.63) is 63.7 Å². The SMILES string of the molecule is CC(C)c1c[nH]c2ccc(Oc3c(C(F)(F)F)cc(/C=C4/SC(=O)NC4=O)cc3C(F)(F)F)cc12. The summed E-state index contributed by atoms with van der Waals surface area (Å²) in [4.78, 5) is 25.7. The van der Waals surface area contributed by atoms with Crippen LogP contribution in [-0.4, -0.2) is 16.1 Å². The van der Waals surface area contributed by atoms with Gasteiger partial charge in [-0.15, -0.1) is 0 Å². The van der Waals surface area contributed by atoms with Crippen molar-refractivity contribution in [2.45, 2.75) is 32.1 Å². The zero-order valence-corrected chi connectivity index (χ0v) is 18.8. The summed E-state index contributed by atoms with van der Waals surface area (Å²) in [6.07, 6.45) is -7.93. The summed E-state index contributed by atoms with van der Waals surface area (Å²) in [6.45, 7) is 3.78. The predicted octanol–water partition coefficient (Wildman–Crippen LogP) is 7.45. The van der Waals surface area contributed by atoms with Crippen molar-refractivity contribution in [1.29, 1.82) is 0 Å². The Labute approximate surface area is 198 Å². The average Bonchev–Trinajstić information content (AvgIpc) is 3.29. The van der Waals surface area contributed by atoms with Gasteiger partial charge in [0.2, 0.25) is 0 Å². The minimum absolute atomic E-state index is 0.0420. The highest BCUT2D eigenvalue weighted by Gasteiger charge is 2.43. The van der Waals surface area contributed by atoms with Gasteiger partial charge >= 0.3 is 12.4 Å². The van der Waals surface area contributed by atoms with Crippen molar-refractivity contribution in [2.75, 3.05) is 0 Å². The van der Waals surface area contributed by atoms with Crippen LogP contribution in [0.3, 0.4) is 0 Å². The van der Waals surface area contributed by atoms with Crippen molar-refractivity contribution < 1.29 is 40.7 Å². The number of aromatic amines is 1. The molecule has 5 nitrogen and oxygen atoms in total. The smallest absolute Gasteiger partial charge is 0.420 e. The summed E-state index contributed by atoms with van der Waals surface area (Å²) < 4.78 is 88.7. The second-order valence-corrected chi connectivity index (χ2v) is 9.02. The highest BCUT2D eigenvalue weighted by atomic mass is 32.2. The third kappa shape index (κ3) is 5.02. The van der Waals surface area contributed by atoms with Crippen LogP contribution < -0.4 is 10.1 Å². The predicted molar refractivity (Wildman–Crippen MR) is 118 cm³/mol. The number of alkyl halides is 6. The van der Waals surface area contributed by atoms with Crippen molar-refractivity contribution >= 4 is 39.9 Å². The summed E-state index contributed by atoms with van der Waals surface area (Å²) in [5.74, 6) is -2.49. The molecule has 2 aromatic carbocycles. The first-order valence-electron chi connectivity index (χ1n) is 10.1. The van der Waals surface area contributed by atoms with Gasteiger partial charge in [0.1, 0.15) is 5.75 Å². The molecule has 12 heteroatoms. The van der Waals surface area contributed by atoms with E-state index in [9.17, 15) is 35.9 Å². The lowest BCUT2D eigenvalue weighted by Crippen LogP contribution is -2.18. The van der Waals surface area contributed by atoms with Crippen LogP contribution >= 0.6 is 11.8 Å². The monoisotopic (exact) mass is 514 g/mol. The van der Waals surface area contributed by atoms with Gasteiger partial charge in [-0.3, -0.25) is 14.9 Å². The van der Waals surface area contributed by atoms with Gasteiger partial charge in [-0.2, -0.15) is 26.3 Å². The fraction of sp³-hybridized carbons (Fsp3) is 0.217. The van der Waals surface area contributed by atoms with Gasteiger partial charge in [0.05, 0.1) is 16.0 Å². The molecule has 4 rings (SSSR count). The number of ether oxygens (including phenoxy) is 1. The standard InChI is InChI=1S/C23H16F6N2O3S/c1-10(2)14-9-30-17-4-3-12(8-13(14)17)34-19-15(22(24,25)26)5-11(6-16(19)23(27,28)29)7-18-20(32)31-21(33)35-18/h3-10,30H,1-2H3,(H,31,32,33)/b18-7+. The van der Waals surface area contributed by atoms with Gasteiger partial charge in [0.25, 0.3) is 11.1 Å². The van der Waals surface area contributed by atoms with Crippen LogP contribution in [0.4, 0.5) is 31.1 Å². The highest BCUT2D eigenvalue weighted by Crippen LogP contribution is 2.47. The van der Waals surface area contributed by atoms with Crippen molar-refractivity contribution in [1.82, 2.24) is 10.3 Å². The van der Waals surface area contributed by atoms with Crippen LogP contribution in [0.1, 0.15) is 42.0 Å². The number of hydrogen-bond acceptors (Lipinski definition) is 4. The molecule has 1 aromatic heterocycles. The van der Waals surface area contributed by atoms with Crippen LogP contribution in [0, 0.1) is 0 Å². The van der Waals surface area contributed by atoms with Gasteiger partial charge in [-0.05, 0) is 65.2 Å². The van der Waals surface area contributed by atoms with Crippen molar-refractivity contribution in [2.24, 2.45) is 0 Å². The Balaban J connectivity index is 1.88. The summed E-state index contributed by atoms with van der Waals surface area (Å²) >= 11 is 0.372. The molecule has 0 atom stereocenters. The third-order valence-corrected chi connectivity index (χ3v) is 6.00. The van der Waals surface area contributed by atoms with Crippen LogP contribution in [0.15, 0.2) is 41.4 Å². The van der Waals surface area contributed by atoms with Crippen LogP contribution in [0.5, 0.6) is 11.5 Å². The average molecular weight is 514 g/mol. The van der Waals surface area contributed by atoms with Gasteiger partial charge in [0.15, 0.2) is 5.75 Å². The van der Waals surface area contributed by atoms with Crippen molar-refractivity contribution in [3.8, 4) is 11.5 Å². The number of H-pyrrole nitrogens is 1. The Kier molecular flexibility index (Phi) is 6.12. The Morgan fingerprint density at radius 3 is 2.11 bits per heavy atom. The lowest BCUT2D eigenvalue weighted by Gasteiger charge is -2.20. The minimum Gasteiger partial charge on any atom is -0.456 e. The summed E-state index contributed by atoms with van der Waals surface area (Å²) in [5.41, 5.74) is -2.44. The number of benzene rings is 2. The third-order valence-electron chi connectivity index (χ3n) is 5.19. The van der Waals surface area contributed by atoms with E-state index in [0.717, 1.165) is 11.6 Å². The zero-order valence-electron chi connectivity index (χ0n) is 18.0.